The Morgan fingerprint density at radius 3 is 2.42 bits per heavy atom. The molecule has 0 aromatic heterocycles. The standard InChI is InChI=1S/C14H18N2O2S/c15-11-6-12-16(13-7-4-5-8-13)19(17,18)14-9-2-1-3-10-14/h1-3,9-10,13H,4-8,12H2. The molecule has 1 aliphatic carbocycles. The van der Waals surface area contributed by atoms with Gasteiger partial charge >= 0.3 is 0 Å². The summed E-state index contributed by atoms with van der Waals surface area (Å²) in [6.07, 6.45) is 4.17. The van der Waals surface area contributed by atoms with Crippen LogP contribution in [-0.2, 0) is 10.0 Å². The Labute approximate surface area is 114 Å². The van der Waals surface area contributed by atoms with Gasteiger partial charge in [-0.2, -0.15) is 9.57 Å². The van der Waals surface area contributed by atoms with Gasteiger partial charge in [-0.1, -0.05) is 31.0 Å². The number of hydrogen-bond acceptors (Lipinski definition) is 3. The molecule has 0 saturated heterocycles. The predicted octanol–water partition coefficient (Wildman–Crippen LogP) is 2.53. The predicted molar refractivity (Wildman–Crippen MR) is 72.8 cm³/mol. The largest absolute Gasteiger partial charge is 0.243 e. The molecule has 0 N–H and O–H groups in total. The zero-order valence-electron chi connectivity index (χ0n) is 10.8. The van der Waals surface area contributed by atoms with Crippen LogP contribution in [0, 0.1) is 11.3 Å². The van der Waals surface area contributed by atoms with E-state index in [-0.39, 0.29) is 12.5 Å². The molecule has 1 aromatic rings. The summed E-state index contributed by atoms with van der Waals surface area (Å²) in [7, 11) is -3.47. The lowest BCUT2D eigenvalue weighted by molar-refractivity contribution is 0.328. The van der Waals surface area contributed by atoms with Crippen LogP contribution in [0.4, 0.5) is 0 Å². The molecule has 0 heterocycles. The summed E-state index contributed by atoms with van der Waals surface area (Å²) in [5.74, 6) is 0. The SMILES string of the molecule is N#CCCN(C1CCCC1)S(=O)(=O)c1ccccc1. The van der Waals surface area contributed by atoms with E-state index in [1.165, 1.54) is 4.31 Å². The van der Waals surface area contributed by atoms with Gasteiger partial charge in [-0.15, -0.1) is 0 Å². The van der Waals surface area contributed by atoms with E-state index in [4.69, 9.17) is 5.26 Å². The van der Waals surface area contributed by atoms with Crippen LogP contribution in [0.3, 0.4) is 0 Å². The van der Waals surface area contributed by atoms with Gasteiger partial charge in [0.05, 0.1) is 11.0 Å². The number of sulfonamides is 1. The summed E-state index contributed by atoms with van der Waals surface area (Å²) in [4.78, 5) is 0.319. The van der Waals surface area contributed by atoms with Crippen LogP contribution < -0.4 is 0 Å². The molecule has 19 heavy (non-hydrogen) atoms. The molecule has 102 valence electrons. The molecule has 0 spiro atoms. The van der Waals surface area contributed by atoms with E-state index in [9.17, 15) is 8.42 Å². The molecule has 0 bridgehead atoms. The minimum atomic E-state index is -3.47. The van der Waals surface area contributed by atoms with Crippen LogP contribution in [0.2, 0.25) is 0 Å². The third-order valence-electron chi connectivity index (χ3n) is 3.53. The fourth-order valence-electron chi connectivity index (χ4n) is 2.58. The molecule has 1 aromatic carbocycles. The van der Waals surface area contributed by atoms with Crippen molar-refractivity contribution < 1.29 is 8.42 Å². The number of nitrogens with zero attached hydrogens (tertiary/aromatic N) is 2. The highest BCUT2D eigenvalue weighted by Crippen LogP contribution is 2.28. The summed E-state index contributed by atoms with van der Waals surface area (Å²) < 4.78 is 26.8. The lowest BCUT2D eigenvalue weighted by atomic mass is 10.2. The lowest BCUT2D eigenvalue weighted by Gasteiger charge is -2.27. The van der Waals surface area contributed by atoms with E-state index in [0.29, 0.717) is 11.4 Å². The topological polar surface area (TPSA) is 61.2 Å². The maximum atomic E-state index is 12.6. The van der Waals surface area contributed by atoms with Gasteiger partial charge in [0.2, 0.25) is 10.0 Å². The van der Waals surface area contributed by atoms with Gasteiger partial charge in [-0.05, 0) is 25.0 Å². The third-order valence-corrected chi connectivity index (χ3v) is 5.49. The molecule has 1 fully saturated rings. The fraction of sp³-hybridized carbons (Fsp3) is 0.500. The molecule has 5 heteroatoms. The maximum Gasteiger partial charge on any atom is 0.243 e. The summed E-state index contributed by atoms with van der Waals surface area (Å²) in [6.45, 7) is 0.290. The van der Waals surface area contributed by atoms with Crippen molar-refractivity contribution in [1.29, 1.82) is 5.26 Å². The molecular weight excluding hydrogens is 260 g/mol. The van der Waals surface area contributed by atoms with Gasteiger partial charge < -0.3 is 0 Å². The average Bonchev–Trinajstić information content (AvgIpc) is 2.94. The number of rotatable bonds is 5. The zero-order valence-corrected chi connectivity index (χ0v) is 11.6. The summed E-state index contributed by atoms with van der Waals surface area (Å²) in [5.41, 5.74) is 0. The first-order valence-corrected chi connectivity index (χ1v) is 8.04. The smallest absolute Gasteiger partial charge is 0.207 e. The van der Waals surface area contributed by atoms with Gasteiger partial charge in [-0.3, -0.25) is 0 Å². The molecular formula is C14H18N2O2S. The number of nitriles is 1. The molecule has 0 radical (unpaired) electrons. The molecule has 0 unspecified atom stereocenters. The Hall–Kier alpha value is -1.38. The van der Waals surface area contributed by atoms with Gasteiger partial charge in [0.25, 0.3) is 0 Å². The van der Waals surface area contributed by atoms with E-state index in [0.717, 1.165) is 25.7 Å². The first kappa shape index (κ1) is 14.0. The Morgan fingerprint density at radius 1 is 1.21 bits per heavy atom. The summed E-state index contributed by atoms with van der Waals surface area (Å²) >= 11 is 0. The first-order valence-electron chi connectivity index (χ1n) is 6.60. The Bertz CT molecular complexity index is 543. The van der Waals surface area contributed by atoms with Crippen molar-refractivity contribution in [2.45, 2.75) is 43.0 Å². The second-order valence-electron chi connectivity index (χ2n) is 4.78. The van der Waals surface area contributed by atoms with E-state index in [2.05, 4.69) is 0 Å². The maximum absolute atomic E-state index is 12.6. The zero-order chi connectivity index (χ0) is 13.7. The van der Waals surface area contributed by atoms with E-state index < -0.39 is 10.0 Å². The molecule has 1 aliphatic rings. The summed E-state index contributed by atoms with van der Waals surface area (Å²) in [5, 5.41) is 8.72. The third kappa shape index (κ3) is 3.14. The van der Waals surface area contributed by atoms with E-state index in [1.54, 1.807) is 30.3 Å². The Kier molecular flexibility index (Phi) is 4.56. The second-order valence-corrected chi connectivity index (χ2v) is 6.67. The van der Waals surface area contributed by atoms with Crippen LogP contribution >= 0.6 is 0 Å². The van der Waals surface area contributed by atoms with E-state index in [1.807, 2.05) is 6.07 Å². The Morgan fingerprint density at radius 2 is 1.84 bits per heavy atom. The number of hydrogen-bond donors (Lipinski definition) is 0. The van der Waals surface area contributed by atoms with E-state index >= 15 is 0 Å². The molecule has 0 aliphatic heterocycles. The molecule has 0 amide bonds. The average molecular weight is 278 g/mol. The monoisotopic (exact) mass is 278 g/mol. The van der Waals surface area contributed by atoms with Crippen molar-refractivity contribution in [3.8, 4) is 6.07 Å². The molecule has 2 rings (SSSR count). The lowest BCUT2D eigenvalue weighted by Crippen LogP contribution is -2.39. The first-order chi connectivity index (χ1) is 9.16. The van der Waals surface area contributed by atoms with Gasteiger partial charge in [-0.25, -0.2) is 8.42 Å². The molecule has 4 nitrogen and oxygen atoms in total. The van der Waals surface area contributed by atoms with Crippen molar-refractivity contribution in [3.05, 3.63) is 30.3 Å². The van der Waals surface area contributed by atoms with Crippen LogP contribution in [0.25, 0.3) is 0 Å². The second kappa shape index (κ2) is 6.18. The van der Waals surface area contributed by atoms with Crippen LogP contribution in [0.5, 0.6) is 0 Å². The van der Waals surface area contributed by atoms with Gasteiger partial charge in [0.1, 0.15) is 0 Å². The highest BCUT2D eigenvalue weighted by molar-refractivity contribution is 7.89. The Balaban J connectivity index is 2.29. The number of benzene rings is 1. The van der Waals surface area contributed by atoms with Crippen LogP contribution in [0.15, 0.2) is 35.2 Å². The molecule has 1 saturated carbocycles. The van der Waals surface area contributed by atoms with Crippen molar-refractivity contribution in [1.82, 2.24) is 4.31 Å². The minimum Gasteiger partial charge on any atom is -0.207 e. The van der Waals surface area contributed by atoms with Gasteiger partial charge in [0.15, 0.2) is 0 Å². The fourth-order valence-corrected chi connectivity index (χ4v) is 4.29. The highest BCUT2D eigenvalue weighted by Gasteiger charge is 2.32. The van der Waals surface area contributed by atoms with Crippen molar-refractivity contribution in [2.75, 3.05) is 6.54 Å². The van der Waals surface area contributed by atoms with Crippen LogP contribution in [0.1, 0.15) is 32.1 Å². The van der Waals surface area contributed by atoms with Crippen molar-refractivity contribution in [3.63, 3.8) is 0 Å². The highest BCUT2D eigenvalue weighted by atomic mass is 32.2. The van der Waals surface area contributed by atoms with Crippen molar-refractivity contribution in [2.24, 2.45) is 0 Å². The quantitative estimate of drug-likeness (QED) is 0.831. The molecule has 0 atom stereocenters. The van der Waals surface area contributed by atoms with Crippen molar-refractivity contribution >= 4 is 10.0 Å². The van der Waals surface area contributed by atoms with Crippen LogP contribution in [-0.4, -0.2) is 25.3 Å². The normalized spacial score (nSPS) is 16.6. The van der Waals surface area contributed by atoms with Gasteiger partial charge in [0, 0.05) is 19.0 Å². The summed E-state index contributed by atoms with van der Waals surface area (Å²) in [6, 6.07) is 10.6. The minimum absolute atomic E-state index is 0.0542.